The van der Waals surface area contributed by atoms with E-state index in [2.05, 4.69) is 15.2 Å². The maximum atomic E-state index is 14.9. The molecule has 4 aromatic rings. The second kappa shape index (κ2) is 8.58. The van der Waals surface area contributed by atoms with Crippen molar-refractivity contribution in [2.45, 2.75) is 6.92 Å². The fraction of sp³-hybridized carbons (Fsp3) is 0.0435. The van der Waals surface area contributed by atoms with Gasteiger partial charge in [-0.1, -0.05) is 29.4 Å². The Kier molecular flexibility index (Phi) is 5.53. The third-order valence-corrected chi connectivity index (χ3v) is 4.57. The summed E-state index contributed by atoms with van der Waals surface area (Å²) in [7, 11) is 0. The van der Waals surface area contributed by atoms with E-state index in [1.54, 1.807) is 31.2 Å². The fourth-order valence-corrected chi connectivity index (χ4v) is 3.05. The van der Waals surface area contributed by atoms with Crippen LogP contribution in [0.2, 0.25) is 0 Å². The summed E-state index contributed by atoms with van der Waals surface area (Å²) >= 11 is 0. The van der Waals surface area contributed by atoms with Crippen LogP contribution in [0.5, 0.6) is 0 Å². The maximum absolute atomic E-state index is 14.9. The van der Waals surface area contributed by atoms with Gasteiger partial charge in [0.25, 0.3) is 0 Å². The van der Waals surface area contributed by atoms with E-state index in [4.69, 9.17) is 10.3 Å². The summed E-state index contributed by atoms with van der Waals surface area (Å²) in [6.07, 6.45) is 5.62. The van der Waals surface area contributed by atoms with Crippen molar-refractivity contribution in [2.75, 3.05) is 0 Å². The van der Waals surface area contributed by atoms with Gasteiger partial charge < -0.3 is 10.3 Å². The lowest BCUT2D eigenvalue weighted by molar-refractivity contribution is 0.415. The lowest BCUT2D eigenvalue weighted by atomic mass is 10.1. The molecule has 0 amide bonds. The Labute approximate surface area is 177 Å². The van der Waals surface area contributed by atoms with Crippen molar-refractivity contribution in [1.29, 1.82) is 0 Å². The Bertz CT molecular complexity index is 1340. The van der Waals surface area contributed by atoms with Crippen molar-refractivity contribution in [3.8, 4) is 16.8 Å². The largest absolute Gasteiger partial charge is 0.405 e. The van der Waals surface area contributed by atoms with Crippen LogP contribution < -0.4 is 11.2 Å². The number of hydrogen-bond donors (Lipinski definition) is 1. The molecule has 4 rings (SSSR count). The second-order valence-corrected chi connectivity index (χ2v) is 6.64. The molecular weight excluding hydrogens is 397 g/mol. The standard InChI is InChI=1S/C23H18FN5O2/c1-15-18(14-31-28-15)16-7-8-21(19(24)13-16)29-12-10-22(30)23(27-29)20(9-11-25)26-17-5-3-2-4-6-17/h2-14H,25H2,1H3. The van der Waals surface area contributed by atoms with Gasteiger partial charge in [-0.2, -0.15) is 5.10 Å². The van der Waals surface area contributed by atoms with Crippen LogP contribution >= 0.6 is 0 Å². The summed E-state index contributed by atoms with van der Waals surface area (Å²) in [6, 6.07) is 15.1. The number of nitrogens with two attached hydrogens (primary N) is 1. The fourth-order valence-electron chi connectivity index (χ4n) is 3.05. The topological polar surface area (TPSA) is 99.3 Å². The highest BCUT2D eigenvalue weighted by Crippen LogP contribution is 2.25. The van der Waals surface area contributed by atoms with Crippen LogP contribution in [0.25, 0.3) is 16.8 Å². The number of aromatic nitrogens is 3. The molecule has 2 N–H and O–H groups in total. The number of aliphatic imine (C=N–C) groups is 1. The van der Waals surface area contributed by atoms with Crippen LogP contribution in [0.3, 0.4) is 0 Å². The summed E-state index contributed by atoms with van der Waals surface area (Å²) in [4.78, 5) is 17.0. The van der Waals surface area contributed by atoms with Gasteiger partial charge in [0.2, 0.25) is 5.43 Å². The third-order valence-electron chi connectivity index (χ3n) is 4.57. The minimum absolute atomic E-state index is 0.0476. The molecule has 0 aliphatic heterocycles. The highest BCUT2D eigenvalue weighted by atomic mass is 19.1. The molecule has 0 unspecified atom stereocenters. The van der Waals surface area contributed by atoms with E-state index in [0.717, 1.165) is 0 Å². The minimum Gasteiger partial charge on any atom is -0.405 e. The number of benzene rings is 2. The van der Waals surface area contributed by atoms with Crippen molar-refractivity contribution in [3.05, 3.63) is 107 Å². The van der Waals surface area contributed by atoms with E-state index >= 15 is 0 Å². The van der Waals surface area contributed by atoms with Crippen molar-refractivity contribution in [1.82, 2.24) is 14.9 Å². The lowest BCUT2D eigenvalue weighted by Crippen LogP contribution is -2.20. The van der Waals surface area contributed by atoms with Gasteiger partial charge in [-0.05, 0) is 49.0 Å². The Balaban J connectivity index is 1.78. The van der Waals surface area contributed by atoms with Gasteiger partial charge in [-0.3, -0.25) is 4.79 Å². The predicted octanol–water partition coefficient (Wildman–Crippen LogP) is 3.93. The van der Waals surface area contributed by atoms with E-state index in [9.17, 15) is 9.18 Å². The summed E-state index contributed by atoms with van der Waals surface area (Å²) in [5.41, 5.74) is 8.29. The van der Waals surface area contributed by atoms with Crippen LogP contribution in [-0.2, 0) is 0 Å². The molecule has 0 fully saturated rings. The number of rotatable bonds is 5. The lowest BCUT2D eigenvalue weighted by Gasteiger charge is -2.10. The first-order valence-corrected chi connectivity index (χ1v) is 9.40. The summed E-state index contributed by atoms with van der Waals surface area (Å²) in [6.45, 7) is 1.78. The molecule has 31 heavy (non-hydrogen) atoms. The molecule has 0 saturated carbocycles. The van der Waals surface area contributed by atoms with Crippen molar-refractivity contribution in [2.24, 2.45) is 10.7 Å². The second-order valence-electron chi connectivity index (χ2n) is 6.64. The molecule has 154 valence electrons. The molecule has 8 heteroatoms. The molecule has 0 aliphatic carbocycles. The zero-order valence-electron chi connectivity index (χ0n) is 16.6. The molecule has 0 atom stereocenters. The monoisotopic (exact) mass is 415 g/mol. The van der Waals surface area contributed by atoms with Crippen LogP contribution in [0.15, 0.2) is 93.6 Å². The van der Waals surface area contributed by atoms with Crippen LogP contribution in [0, 0.1) is 12.7 Å². The molecule has 2 heterocycles. The zero-order valence-corrected chi connectivity index (χ0v) is 16.6. The molecule has 0 radical (unpaired) electrons. The number of allylic oxidation sites excluding steroid dienone is 1. The molecule has 0 spiro atoms. The molecule has 2 aromatic carbocycles. The Morgan fingerprint density at radius 2 is 2.00 bits per heavy atom. The van der Waals surface area contributed by atoms with Gasteiger partial charge in [0.05, 0.1) is 17.1 Å². The molecule has 2 aromatic heterocycles. The molecule has 0 aliphatic rings. The average molecular weight is 415 g/mol. The number of nitrogens with zero attached hydrogens (tertiary/aromatic N) is 4. The van der Waals surface area contributed by atoms with Gasteiger partial charge in [0.15, 0.2) is 5.69 Å². The van der Waals surface area contributed by atoms with E-state index in [-0.39, 0.29) is 22.5 Å². The Morgan fingerprint density at radius 3 is 2.68 bits per heavy atom. The van der Waals surface area contributed by atoms with Gasteiger partial charge in [0, 0.05) is 17.8 Å². The molecule has 0 bridgehead atoms. The Morgan fingerprint density at radius 1 is 1.19 bits per heavy atom. The van der Waals surface area contributed by atoms with E-state index in [1.165, 1.54) is 41.6 Å². The van der Waals surface area contributed by atoms with Gasteiger partial charge in [-0.25, -0.2) is 14.1 Å². The summed E-state index contributed by atoms with van der Waals surface area (Å²) in [5.74, 6) is -0.517. The first kappa shape index (κ1) is 20.0. The molecular formula is C23H18FN5O2. The van der Waals surface area contributed by atoms with Crippen LogP contribution in [-0.4, -0.2) is 20.6 Å². The van der Waals surface area contributed by atoms with Crippen LogP contribution in [0.1, 0.15) is 11.4 Å². The predicted molar refractivity (Wildman–Crippen MR) is 116 cm³/mol. The van der Waals surface area contributed by atoms with E-state index in [0.29, 0.717) is 22.5 Å². The maximum Gasteiger partial charge on any atom is 0.209 e. The number of para-hydroxylation sites is 1. The highest BCUT2D eigenvalue weighted by molar-refractivity contribution is 6.08. The Hall–Kier alpha value is -4.33. The van der Waals surface area contributed by atoms with Gasteiger partial charge >= 0.3 is 0 Å². The number of aryl methyl sites for hydroxylation is 1. The quantitative estimate of drug-likeness (QED) is 0.498. The number of hydrogen-bond acceptors (Lipinski definition) is 6. The molecule has 7 nitrogen and oxygen atoms in total. The summed E-state index contributed by atoms with van der Waals surface area (Å²) in [5, 5.41) is 8.14. The SMILES string of the molecule is Cc1nocc1-c1ccc(-n2ccc(=O)c(C(C=CN)=Nc3ccccc3)n2)c(F)c1. The van der Waals surface area contributed by atoms with Crippen molar-refractivity contribution >= 4 is 11.4 Å². The van der Waals surface area contributed by atoms with Gasteiger partial charge in [-0.15, -0.1) is 0 Å². The van der Waals surface area contributed by atoms with Crippen LogP contribution in [0.4, 0.5) is 10.1 Å². The average Bonchev–Trinajstić information content (AvgIpc) is 3.20. The van der Waals surface area contributed by atoms with E-state index in [1.807, 2.05) is 18.2 Å². The first-order chi connectivity index (χ1) is 15.1. The first-order valence-electron chi connectivity index (χ1n) is 9.40. The van der Waals surface area contributed by atoms with Gasteiger partial charge in [0.1, 0.15) is 17.8 Å². The normalized spacial score (nSPS) is 11.9. The number of halogens is 1. The minimum atomic E-state index is -0.517. The zero-order chi connectivity index (χ0) is 21.8. The third kappa shape index (κ3) is 4.18. The highest BCUT2D eigenvalue weighted by Gasteiger charge is 2.14. The molecule has 0 saturated heterocycles. The van der Waals surface area contributed by atoms with Crippen molar-refractivity contribution in [3.63, 3.8) is 0 Å². The van der Waals surface area contributed by atoms with E-state index < -0.39 is 5.82 Å². The smallest absolute Gasteiger partial charge is 0.209 e. The van der Waals surface area contributed by atoms with Crippen molar-refractivity contribution < 1.29 is 8.91 Å². The summed E-state index contributed by atoms with van der Waals surface area (Å²) < 4.78 is 21.2.